The molecule has 0 N–H and O–H groups in total. The summed E-state index contributed by atoms with van der Waals surface area (Å²) in [6.07, 6.45) is 0.217. The van der Waals surface area contributed by atoms with Gasteiger partial charge >= 0.3 is 6.21 Å². The van der Waals surface area contributed by atoms with Crippen molar-refractivity contribution in [3.05, 3.63) is 81.4 Å². The molecule has 0 radical (unpaired) electrons. The van der Waals surface area contributed by atoms with E-state index in [0.29, 0.717) is 11.1 Å². The molecule has 0 saturated carbocycles. The first-order chi connectivity index (χ1) is 11.1. The van der Waals surface area contributed by atoms with E-state index in [4.69, 9.17) is 10.3 Å². The number of epoxide rings is 1. The minimum atomic E-state index is -1.26. The zero-order valence-corrected chi connectivity index (χ0v) is 11.8. The molecule has 0 spiro atoms. The zero-order valence-electron chi connectivity index (χ0n) is 11.8. The standard InChI is InChI=1S/C16H11N3O4/c17-18-10-14(20)16(12-4-2-1-3-5-12)15(23-16)11-6-8-13(9-7-11)19(21)22/h1-10,15H. The average molecular weight is 309 g/mol. The van der Waals surface area contributed by atoms with Gasteiger partial charge in [0.15, 0.2) is 5.60 Å². The Kier molecular flexibility index (Phi) is 3.57. The predicted molar refractivity (Wildman–Crippen MR) is 79.7 cm³/mol. The second-order valence-electron chi connectivity index (χ2n) is 5.06. The third kappa shape index (κ3) is 2.44. The van der Waals surface area contributed by atoms with Gasteiger partial charge in [-0.3, -0.25) is 14.9 Å². The Morgan fingerprint density at radius 3 is 2.43 bits per heavy atom. The molecule has 1 fully saturated rings. The van der Waals surface area contributed by atoms with E-state index in [1.54, 1.807) is 36.4 Å². The Balaban J connectivity index is 1.99. The van der Waals surface area contributed by atoms with E-state index in [1.807, 2.05) is 6.07 Å². The summed E-state index contributed by atoms with van der Waals surface area (Å²) in [5.41, 5.74) is 8.62. The summed E-state index contributed by atoms with van der Waals surface area (Å²) in [5, 5.41) is 10.7. The number of benzene rings is 2. The molecule has 1 aliphatic heterocycles. The Hall–Kier alpha value is -3.15. The highest BCUT2D eigenvalue weighted by Crippen LogP contribution is 2.57. The molecule has 2 unspecified atom stereocenters. The van der Waals surface area contributed by atoms with E-state index < -0.39 is 22.4 Å². The van der Waals surface area contributed by atoms with Gasteiger partial charge in [0.2, 0.25) is 0 Å². The van der Waals surface area contributed by atoms with Crippen LogP contribution in [0.15, 0.2) is 54.6 Å². The maximum atomic E-state index is 12.3. The molecule has 2 aromatic carbocycles. The van der Waals surface area contributed by atoms with Gasteiger partial charge in [-0.1, -0.05) is 30.3 Å². The molecule has 7 heteroatoms. The summed E-state index contributed by atoms with van der Waals surface area (Å²) >= 11 is 0. The third-order valence-electron chi connectivity index (χ3n) is 3.77. The summed E-state index contributed by atoms with van der Waals surface area (Å²) < 4.78 is 5.67. The van der Waals surface area contributed by atoms with Gasteiger partial charge < -0.3 is 10.3 Å². The Bertz CT molecular complexity index is 813. The number of non-ortho nitro benzene ring substituents is 1. The average Bonchev–Trinajstić information content (AvgIpc) is 3.33. The topological polar surface area (TPSA) is 109 Å². The number of carbonyl (C=O) groups excluding carboxylic acids is 1. The van der Waals surface area contributed by atoms with E-state index in [1.165, 1.54) is 12.1 Å². The number of ketones is 1. The van der Waals surface area contributed by atoms with Crippen molar-refractivity contribution in [2.75, 3.05) is 0 Å². The van der Waals surface area contributed by atoms with E-state index in [9.17, 15) is 14.9 Å². The third-order valence-corrected chi connectivity index (χ3v) is 3.77. The molecular formula is C16H11N3O4. The molecule has 0 bridgehead atoms. The van der Waals surface area contributed by atoms with Crippen LogP contribution < -0.4 is 0 Å². The summed E-state index contributed by atoms with van der Waals surface area (Å²) in [6.45, 7) is 0. The van der Waals surface area contributed by atoms with E-state index in [-0.39, 0.29) is 5.69 Å². The number of Topliss-reactive ketones (excluding diaryl/α,β-unsaturated/α-hetero) is 1. The van der Waals surface area contributed by atoms with Crippen LogP contribution in [-0.4, -0.2) is 21.7 Å². The van der Waals surface area contributed by atoms with Crippen molar-refractivity contribution in [2.45, 2.75) is 11.7 Å². The molecule has 1 aliphatic rings. The maximum absolute atomic E-state index is 12.3. The van der Waals surface area contributed by atoms with E-state index >= 15 is 0 Å². The molecule has 1 heterocycles. The lowest BCUT2D eigenvalue weighted by Gasteiger charge is -2.08. The van der Waals surface area contributed by atoms with Crippen LogP contribution in [0.2, 0.25) is 0 Å². The lowest BCUT2D eigenvalue weighted by molar-refractivity contribution is -0.384. The summed E-state index contributed by atoms with van der Waals surface area (Å²) in [4.78, 5) is 25.4. The SMILES string of the molecule is [N-]=[N+]=CC(=O)C1(c2ccccc2)OC1c1ccc([N+](=O)[O-])cc1. The van der Waals surface area contributed by atoms with Crippen LogP contribution in [0.1, 0.15) is 17.2 Å². The first kappa shape index (κ1) is 14.8. The quantitative estimate of drug-likeness (QED) is 0.211. The number of carbonyl (C=O) groups is 1. The molecule has 7 nitrogen and oxygen atoms in total. The van der Waals surface area contributed by atoms with Crippen LogP contribution in [0, 0.1) is 10.1 Å². The number of hydrogen-bond donors (Lipinski definition) is 0. The molecule has 3 rings (SSSR count). The summed E-state index contributed by atoms with van der Waals surface area (Å²) in [6, 6.07) is 14.7. The van der Waals surface area contributed by atoms with Crippen LogP contribution in [0.25, 0.3) is 5.53 Å². The van der Waals surface area contributed by atoms with E-state index in [2.05, 4.69) is 4.79 Å². The van der Waals surface area contributed by atoms with Crippen LogP contribution in [0.4, 0.5) is 5.69 Å². The first-order valence-electron chi connectivity index (χ1n) is 6.79. The van der Waals surface area contributed by atoms with Crippen LogP contribution in [-0.2, 0) is 15.1 Å². The van der Waals surface area contributed by atoms with Crippen molar-refractivity contribution in [2.24, 2.45) is 0 Å². The van der Waals surface area contributed by atoms with Crippen LogP contribution >= 0.6 is 0 Å². The fourth-order valence-corrected chi connectivity index (χ4v) is 2.61. The van der Waals surface area contributed by atoms with Crippen LogP contribution in [0.5, 0.6) is 0 Å². The van der Waals surface area contributed by atoms with Gasteiger partial charge in [0, 0.05) is 12.1 Å². The Morgan fingerprint density at radius 2 is 1.87 bits per heavy atom. The van der Waals surface area contributed by atoms with Crippen molar-refractivity contribution >= 4 is 17.7 Å². The number of nitro groups is 1. The molecule has 114 valence electrons. The second-order valence-corrected chi connectivity index (χ2v) is 5.06. The van der Waals surface area contributed by atoms with Gasteiger partial charge in [-0.25, -0.2) is 0 Å². The fourth-order valence-electron chi connectivity index (χ4n) is 2.61. The molecule has 0 aliphatic carbocycles. The minimum absolute atomic E-state index is 0.0389. The normalized spacial score (nSPS) is 22.0. The van der Waals surface area contributed by atoms with Crippen molar-refractivity contribution < 1.29 is 19.2 Å². The lowest BCUT2D eigenvalue weighted by Crippen LogP contribution is -2.24. The highest BCUT2D eigenvalue weighted by Gasteiger charge is 2.64. The fraction of sp³-hybridized carbons (Fsp3) is 0.125. The molecule has 1 saturated heterocycles. The number of nitrogens with zero attached hydrogens (tertiary/aromatic N) is 3. The minimum Gasteiger partial charge on any atom is -0.361 e. The van der Waals surface area contributed by atoms with E-state index in [0.717, 1.165) is 6.21 Å². The largest absolute Gasteiger partial charge is 0.361 e. The van der Waals surface area contributed by atoms with Gasteiger partial charge in [0.05, 0.1) is 4.92 Å². The van der Waals surface area contributed by atoms with Gasteiger partial charge in [-0.05, 0) is 23.3 Å². The van der Waals surface area contributed by atoms with Gasteiger partial charge in [-0.15, -0.1) is 0 Å². The zero-order chi connectivity index (χ0) is 16.4. The first-order valence-corrected chi connectivity index (χ1v) is 6.79. The smallest absolute Gasteiger partial charge is 0.326 e. The number of hydrogen-bond acceptors (Lipinski definition) is 4. The number of ether oxygens (including phenoxy) is 1. The molecule has 23 heavy (non-hydrogen) atoms. The number of nitro benzene ring substituents is 1. The highest BCUT2D eigenvalue weighted by molar-refractivity contribution is 6.30. The van der Waals surface area contributed by atoms with Gasteiger partial charge in [0.1, 0.15) is 6.10 Å². The molecular weight excluding hydrogens is 298 g/mol. The summed E-state index contributed by atoms with van der Waals surface area (Å²) in [5.74, 6) is -0.491. The highest BCUT2D eigenvalue weighted by atomic mass is 16.6. The van der Waals surface area contributed by atoms with Crippen molar-refractivity contribution in [1.29, 1.82) is 0 Å². The van der Waals surface area contributed by atoms with Crippen molar-refractivity contribution in [1.82, 2.24) is 0 Å². The molecule has 0 aromatic heterocycles. The van der Waals surface area contributed by atoms with Crippen molar-refractivity contribution in [3.8, 4) is 0 Å². The van der Waals surface area contributed by atoms with Gasteiger partial charge in [-0.2, -0.15) is 4.79 Å². The van der Waals surface area contributed by atoms with Crippen LogP contribution in [0.3, 0.4) is 0 Å². The summed E-state index contributed by atoms with van der Waals surface area (Å²) in [7, 11) is 0. The van der Waals surface area contributed by atoms with Gasteiger partial charge in [0.25, 0.3) is 11.5 Å². The van der Waals surface area contributed by atoms with Crippen molar-refractivity contribution in [3.63, 3.8) is 0 Å². The maximum Gasteiger partial charge on any atom is 0.326 e. The number of rotatable bonds is 5. The molecule has 2 aromatic rings. The lowest BCUT2D eigenvalue weighted by atomic mass is 9.88. The predicted octanol–water partition coefficient (Wildman–Crippen LogP) is 2.43. The molecule has 2 atom stereocenters. The monoisotopic (exact) mass is 309 g/mol. The Morgan fingerprint density at radius 1 is 1.22 bits per heavy atom. The second kappa shape index (κ2) is 5.57. The molecule has 0 amide bonds. The Labute approximate surface area is 130 Å².